The third kappa shape index (κ3) is 7.08. The summed E-state index contributed by atoms with van der Waals surface area (Å²) in [5.74, 6) is 2.87. The molecule has 1 fully saturated rings. The van der Waals surface area contributed by atoms with Gasteiger partial charge in [-0.25, -0.2) is 24.4 Å². The van der Waals surface area contributed by atoms with E-state index in [1.807, 2.05) is 48.5 Å². The number of urea groups is 1. The number of thiazole rings is 1. The molecule has 3 aromatic heterocycles. The van der Waals surface area contributed by atoms with Gasteiger partial charge in [-0.05, 0) is 67.1 Å². The van der Waals surface area contributed by atoms with Gasteiger partial charge >= 0.3 is 12.0 Å². The molecule has 0 atom stereocenters. The number of piperidine rings is 1. The number of nitrogens with one attached hydrogen (secondary N) is 2. The molecular weight excluding hydrogens is 632 g/mol. The van der Waals surface area contributed by atoms with Crippen LogP contribution in [0.4, 0.5) is 21.4 Å². The van der Waals surface area contributed by atoms with Crippen molar-refractivity contribution in [1.82, 2.24) is 24.7 Å². The minimum Gasteiger partial charge on any atom is -0.486 e. The highest BCUT2D eigenvalue weighted by Gasteiger charge is 2.23. The number of rotatable bonds is 9. The molecule has 7 rings (SSSR count). The molecular formula is C34H34N8O5S. The molecule has 0 bridgehead atoms. The standard InChI is InChI=1S/C34H34N8O5S/c1-21(2)15-23-16-30(42(40-23)25-8-11-27-28(17-25)46-14-13-45-27)39-32(44)38-24-18-35-33(36-19-24)47-26-9-6-22(7-10-26)29-20-37-34(48-29)41-12-4-3-5-31(41)43/h6-11,16-21H,3-5,12-15H2,1-2H3,(H2,38,39,44). The third-order valence-electron chi connectivity index (χ3n) is 7.67. The van der Waals surface area contributed by atoms with Crippen molar-refractivity contribution in [2.24, 2.45) is 5.92 Å². The zero-order chi connectivity index (χ0) is 33.0. The molecule has 48 heavy (non-hydrogen) atoms. The highest BCUT2D eigenvalue weighted by atomic mass is 32.1. The molecule has 2 aromatic carbocycles. The lowest BCUT2D eigenvalue weighted by Crippen LogP contribution is -2.34. The van der Waals surface area contributed by atoms with Crippen LogP contribution in [0.25, 0.3) is 16.1 Å². The summed E-state index contributed by atoms with van der Waals surface area (Å²) in [7, 11) is 0. The van der Waals surface area contributed by atoms with Crippen molar-refractivity contribution in [2.45, 2.75) is 39.5 Å². The van der Waals surface area contributed by atoms with E-state index in [9.17, 15) is 9.59 Å². The number of nitrogens with zero attached hydrogens (tertiary/aromatic N) is 6. The van der Waals surface area contributed by atoms with Gasteiger partial charge in [0.05, 0.1) is 34.3 Å². The lowest BCUT2D eigenvalue weighted by atomic mass is 10.1. The minimum absolute atomic E-state index is 0.129. The Bertz CT molecular complexity index is 1920. The van der Waals surface area contributed by atoms with E-state index < -0.39 is 6.03 Å². The summed E-state index contributed by atoms with van der Waals surface area (Å²) < 4.78 is 18.9. The molecule has 2 aliphatic rings. The van der Waals surface area contributed by atoms with Crippen LogP contribution in [0, 0.1) is 5.92 Å². The molecule has 0 spiro atoms. The Morgan fingerprint density at radius 1 is 0.958 bits per heavy atom. The van der Waals surface area contributed by atoms with Crippen LogP contribution in [-0.4, -0.2) is 56.4 Å². The van der Waals surface area contributed by atoms with Gasteiger partial charge in [-0.3, -0.25) is 15.0 Å². The highest BCUT2D eigenvalue weighted by molar-refractivity contribution is 7.19. The Hall–Kier alpha value is -5.50. The van der Waals surface area contributed by atoms with Gasteiger partial charge in [0.25, 0.3) is 0 Å². The van der Waals surface area contributed by atoms with Crippen LogP contribution >= 0.6 is 11.3 Å². The topological polar surface area (TPSA) is 146 Å². The maximum Gasteiger partial charge on any atom is 0.324 e. The van der Waals surface area contributed by atoms with Crippen molar-refractivity contribution >= 4 is 39.9 Å². The van der Waals surface area contributed by atoms with E-state index in [2.05, 4.69) is 39.4 Å². The SMILES string of the molecule is CC(C)Cc1cc(NC(=O)Nc2cnc(Oc3ccc(-c4cnc(N5CCCCC5=O)s4)cc3)nc2)n(-c2ccc3c(c2)OCCO3)n1. The third-order valence-corrected chi connectivity index (χ3v) is 8.74. The number of ether oxygens (including phenoxy) is 3. The lowest BCUT2D eigenvalue weighted by Gasteiger charge is -2.23. The zero-order valence-electron chi connectivity index (χ0n) is 26.5. The van der Waals surface area contributed by atoms with E-state index in [1.165, 1.54) is 23.7 Å². The van der Waals surface area contributed by atoms with E-state index >= 15 is 0 Å². The van der Waals surface area contributed by atoms with Crippen molar-refractivity contribution in [1.29, 1.82) is 0 Å². The summed E-state index contributed by atoms with van der Waals surface area (Å²) in [5.41, 5.74) is 2.93. The van der Waals surface area contributed by atoms with Crippen LogP contribution in [0.15, 0.2) is 67.1 Å². The first-order valence-electron chi connectivity index (χ1n) is 15.8. The Morgan fingerprint density at radius 3 is 2.52 bits per heavy atom. The summed E-state index contributed by atoms with van der Waals surface area (Å²) in [4.78, 5) is 41.0. The molecule has 246 valence electrons. The van der Waals surface area contributed by atoms with E-state index in [0.29, 0.717) is 60.9 Å². The summed E-state index contributed by atoms with van der Waals surface area (Å²) >= 11 is 1.49. The number of carbonyl (C=O) groups is 2. The van der Waals surface area contributed by atoms with Gasteiger partial charge in [0.2, 0.25) is 5.91 Å². The highest BCUT2D eigenvalue weighted by Crippen LogP contribution is 2.35. The average molecular weight is 667 g/mol. The fraction of sp³-hybridized carbons (Fsp3) is 0.294. The Labute approximate surface area is 280 Å². The summed E-state index contributed by atoms with van der Waals surface area (Å²) in [6, 6.07) is 14.6. The maximum atomic E-state index is 13.0. The lowest BCUT2D eigenvalue weighted by molar-refractivity contribution is -0.119. The second-order valence-electron chi connectivity index (χ2n) is 11.8. The maximum absolute atomic E-state index is 13.0. The monoisotopic (exact) mass is 666 g/mol. The Balaban J connectivity index is 0.980. The number of benzene rings is 2. The largest absolute Gasteiger partial charge is 0.486 e. The van der Waals surface area contributed by atoms with Crippen LogP contribution in [0.3, 0.4) is 0 Å². The number of aromatic nitrogens is 5. The van der Waals surface area contributed by atoms with Crippen LogP contribution in [0.5, 0.6) is 23.3 Å². The second-order valence-corrected chi connectivity index (χ2v) is 12.8. The molecule has 0 saturated carbocycles. The van der Waals surface area contributed by atoms with Crippen LogP contribution < -0.4 is 29.7 Å². The number of hydrogen-bond acceptors (Lipinski definition) is 10. The quantitative estimate of drug-likeness (QED) is 0.175. The molecule has 5 aromatic rings. The first kappa shape index (κ1) is 31.1. The second kappa shape index (κ2) is 13.7. The van der Waals surface area contributed by atoms with Crippen LogP contribution in [0.1, 0.15) is 38.8 Å². The van der Waals surface area contributed by atoms with Crippen molar-refractivity contribution in [2.75, 3.05) is 35.3 Å². The first-order chi connectivity index (χ1) is 23.4. The Morgan fingerprint density at radius 2 is 1.75 bits per heavy atom. The molecule has 5 heterocycles. The van der Waals surface area contributed by atoms with Gasteiger partial charge < -0.3 is 19.5 Å². The van der Waals surface area contributed by atoms with E-state index in [1.54, 1.807) is 15.8 Å². The molecule has 0 aliphatic carbocycles. The van der Waals surface area contributed by atoms with E-state index in [4.69, 9.17) is 19.3 Å². The predicted octanol–water partition coefficient (Wildman–Crippen LogP) is 6.71. The van der Waals surface area contributed by atoms with Crippen LogP contribution in [-0.2, 0) is 11.2 Å². The summed E-state index contributed by atoms with van der Waals surface area (Å²) in [6.07, 6.45) is 7.98. The molecule has 13 nitrogen and oxygen atoms in total. The molecule has 3 amide bonds. The molecule has 0 radical (unpaired) electrons. The van der Waals surface area contributed by atoms with Gasteiger partial charge in [0.15, 0.2) is 16.6 Å². The normalized spacial score (nSPS) is 14.2. The van der Waals surface area contributed by atoms with E-state index in [0.717, 1.165) is 46.2 Å². The van der Waals surface area contributed by atoms with Crippen molar-refractivity contribution in [3.05, 3.63) is 72.8 Å². The number of amides is 3. The predicted molar refractivity (Wildman–Crippen MR) is 182 cm³/mol. The number of fused-ring (bicyclic) bond motifs is 1. The molecule has 2 N–H and O–H groups in total. The fourth-order valence-corrected chi connectivity index (χ4v) is 6.40. The molecule has 2 aliphatic heterocycles. The van der Waals surface area contributed by atoms with Gasteiger partial charge in [0.1, 0.15) is 24.8 Å². The van der Waals surface area contributed by atoms with Crippen molar-refractivity contribution in [3.63, 3.8) is 0 Å². The zero-order valence-corrected chi connectivity index (χ0v) is 27.3. The van der Waals surface area contributed by atoms with Crippen molar-refractivity contribution in [3.8, 4) is 39.4 Å². The van der Waals surface area contributed by atoms with Gasteiger partial charge in [0, 0.05) is 31.3 Å². The average Bonchev–Trinajstić information content (AvgIpc) is 3.73. The van der Waals surface area contributed by atoms with Gasteiger partial charge in [-0.2, -0.15) is 5.10 Å². The van der Waals surface area contributed by atoms with Crippen molar-refractivity contribution < 1.29 is 23.8 Å². The Kier molecular flexibility index (Phi) is 8.88. The first-order valence-corrected chi connectivity index (χ1v) is 16.6. The van der Waals surface area contributed by atoms with Crippen LogP contribution in [0.2, 0.25) is 0 Å². The summed E-state index contributed by atoms with van der Waals surface area (Å²) in [5, 5.41) is 11.1. The minimum atomic E-state index is -0.478. The van der Waals surface area contributed by atoms with Gasteiger partial charge in [-0.15, -0.1) is 0 Å². The van der Waals surface area contributed by atoms with E-state index in [-0.39, 0.29) is 11.9 Å². The number of carbonyl (C=O) groups excluding carboxylic acids is 2. The molecule has 1 saturated heterocycles. The fourth-order valence-electron chi connectivity index (χ4n) is 5.43. The number of anilines is 3. The molecule has 14 heteroatoms. The smallest absolute Gasteiger partial charge is 0.324 e. The molecule has 0 unspecified atom stereocenters. The summed E-state index contributed by atoms with van der Waals surface area (Å²) in [6.45, 7) is 5.92. The van der Waals surface area contributed by atoms with Gasteiger partial charge in [-0.1, -0.05) is 25.2 Å². The number of hydrogen-bond donors (Lipinski definition) is 2.